The quantitative estimate of drug-likeness (QED) is 0.350. The van der Waals surface area contributed by atoms with E-state index in [1.165, 1.54) is 17.1 Å². The fourth-order valence-electron chi connectivity index (χ4n) is 3.07. The second-order valence-corrected chi connectivity index (χ2v) is 7.15. The van der Waals surface area contributed by atoms with E-state index in [1.54, 1.807) is 43.6 Å². The minimum Gasteiger partial charge on any atom is -0.434 e. The Kier molecular flexibility index (Phi) is 5.63. The van der Waals surface area contributed by atoms with Gasteiger partial charge in [0, 0.05) is 36.8 Å². The summed E-state index contributed by atoms with van der Waals surface area (Å²) in [7, 11) is 1.59. The Morgan fingerprint density at radius 3 is 2.62 bits per heavy atom. The second kappa shape index (κ2) is 8.68. The molecule has 2 heterocycles. The lowest BCUT2D eigenvalue weighted by Gasteiger charge is -2.09. The molecule has 0 aliphatic heterocycles. The molecule has 0 saturated carbocycles. The van der Waals surface area contributed by atoms with Gasteiger partial charge in [0.25, 0.3) is 5.91 Å². The number of nitro groups is 1. The molecule has 160 valence electrons. The van der Waals surface area contributed by atoms with Crippen molar-refractivity contribution in [1.29, 1.82) is 0 Å². The van der Waals surface area contributed by atoms with E-state index in [4.69, 9.17) is 4.74 Å². The van der Waals surface area contributed by atoms with E-state index in [2.05, 4.69) is 15.3 Å². The van der Waals surface area contributed by atoms with Gasteiger partial charge >= 0.3 is 11.7 Å². The van der Waals surface area contributed by atoms with Crippen LogP contribution in [0.4, 0.5) is 11.5 Å². The van der Waals surface area contributed by atoms with Gasteiger partial charge in [0.05, 0.1) is 5.56 Å². The lowest BCUT2D eigenvalue weighted by Crippen LogP contribution is -2.12. The Morgan fingerprint density at radius 1 is 1.09 bits per heavy atom. The highest BCUT2D eigenvalue weighted by Crippen LogP contribution is 2.30. The maximum atomic E-state index is 12.8. The van der Waals surface area contributed by atoms with E-state index >= 15 is 0 Å². The van der Waals surface area contributed by atoms with Gasteiger partial charge in [0.1, 0.15) is 5.75 Å². The number of anilines is 1. The summed E-state index contributed by atoms with van der Waals surface area (Å²) >= 11 is 0. The minimum atomic E-state index is -0.616. The molecule has 4 aromatic rings. The number of benzene rings is 2. The largest absolute Gasteiger partial charge is 0.434 e. The van der Waals surface area contributed by atoms with E-state index in [0.717, 1.165) is 16.7 Å². The fraction of sp³-hybridized carbons (Fsp3) is 0.0870. The van der Waals surface area contributed by atoms with Crippen LogP contribution >= 0.6 is 0 Å². The summed E-state index contributed by atoms with van der Waals surface area (Å²) in [6, 6.07) is 16.3. The van der Waals surface area contributed by atoms with Crippen LogP contribution in [0.3, 0.4) is 0 Å². The topological polar surface area (TPSA) is 112 Å². The molecule has 4 rings (SSSR count). The zero-order valence-electron chi connectivity index (χ0n) is 17.4. The Balaban J connectivity index is 1.52. The average Bonchev–Trinajstić information content (AvgIpc) is 3.15. The number of hydrogen-bond acceptors (Lipinski definition) is 6. The molecule has 0 saturated heterocycles. The lowest BCUT2D eigenvalue weighted by atomic mass is 10.0. The minimum absolute atomic E-state index is 0.00604. The van der Waals surface area contributed by atoms with E-state index in [-0.39, 0.29) is 17.6 Å². The Bertz CT molecular complexity index is 1300. The maximum Gasteiger partial charge on any atom is 0.427 e. The van der Waals surface area contributed by atoms with E-state index < -0.39 is 4.92 Å². The van der Waals surface area contributed by atoms with Gasteiger partial charge in [-0.2, -0.15) is 0 Å². The van der Waals surface area contributed by atoms with Crippen molar-refractivity contribution in [2.24, 2.45) is 7.05 Å². The number of ether oxygens (including phenoxy) is 1. The van der Waals surface area contributed by atoms with Crippen LogP contribution in [0.25, 0.3) is 11.1 Å². The van der Waals surface area contributed by atoms with Crippen LogP contribution in [0.15, 0.2) is 73.3 Å². The van der Waals surface area contributed by atoms with Gasteiger partial charge in [-0.15, -0.1) is 0 Å². The van der Waals surface area contributed by atoms with Crippen LogP contribution in [-0.2, 0) is 7.05 Å². The summed E-state index contributed by atoms with van der Waals surface area (Å²) in [4.78, 5) is 31.2. The van der Waals surface area contributed by atoms with Crippen LogP contribution < -0.4 is 10.1 Å². The second-order valence-electron chi connectivity index (χ2n) is 7.15. The molecular weight excluding hydrogens is 410 g/mol. The van der Waals surface area contributed by atoms with Crippen LogP contribution in [0.5, 0.6) is 11.6 Å². The molecule has 0 spiro atoms. The highest BCUT2D eigenvalue weighted by atomic mass is 16.6. The Labute approximate surface area is 183 Å². The first-order valence-electron chi connectivity index (χ1n) is 9.68. The molecule has 0 bridgehead atoms. The number of carbonyl (C=O) groups excluding carboxylic acids is 1. The summed E-state index contributed by atoms with van der Waals surface area (Å²) < 4.78 is 7.06. The van der Waals surface area contributed by atoms with Gasteiger partial charge in [0.15, 0.2) is 0 Å². The molecule has 0 unspecified atom stereocenters. The highest BCUT2D eigenvalue weighted by Gasteiger charge is 2.22. The smallest absolute Gasteiger partial charge is 0.427 e. The Morgan fingerprint density at radius 2 is 1.88 bits per heavy atom. The predicted octanol–water partition coefficient (Wildman–Crippen LogP) is 4.74. The van der Waals surface area contributed by atoms with Crippen molar-refractivity contribution in [3.8, 4) is 22.8 Å². The van der Waals surface area contributed by atoms with Crippen LogP contribution in [0.1, 0.15) is 15.9 Å². The van der Waals surface area contributed by atoms with E-state index in [1.807, 2.05) is 31.2 Å². The van der Waals surface area contributed by atoms with Crippen molar-refractivity contribution < 1.29 is 14.5 Å². The van der Waals surface area contributed by atoms with Gasteiger partial charge in [0.2, 0.25) is 6.33 Å². The number of amides is 1. The lowest BCUT2D eigenvalue weighted by molar-refractivity contribution is -0.390. The summed E-state index contributed by atoms with van der Waals surface area (Å²) in [5, 5.41) is 13.9. The van der Waals surface area contributed by atoms with E-state index in [9.17, 15) is 14.9 Å². The summed E-state index contributed by atoms with van der Waals surface area (Å²) in [6.45, 7) is 2.01. The molecule has 0 atom stereocenters. The molecule has 0 aliphatic carbocycles. The zero-order valence-corrected chi connectivity index (χ0v) is 17.4. The number of aromatic nitrogens is 3. The highest BCUT2D eigenvalue weighted by molar-refractivity contribution is 6.04. The summed E-state index contributed by atoms with van der Waals surface area (Å²) in [5.74, 6) is -0.412. The van der Waals surface area contributed by atoms with Crippen molar-refractivity contribution in [3.63, 3.8) is 0 Å². The van der Waals surface area contributed by atoms with Gasteiger partial charge in [-0.05, 0) is 40.6 Å². The monoisotopic (exact) mass is 429 g/mol. The number of imidazole rings is 1. The molecule has 9 heteroatoms. The Hall–Kier alpha value is -4.53. The molecule has 0 fully saturated rings. The number of aryl methyl sites for hydroxylation is 2. The number of nitrogens with zero attached hydrogens (tertiary/aromatic N) is 4. The van der Waals surface area contributed by atoms with Crippen molar-refractivity contribution in [2.45, 2.75) is 6.92 Å². The van der Waals surface area contributed by atoms with Gasteiger partial charge in [-0.3, -0.25) is 14.3 Å². The molecule has 32 heavy (non-hydrogen) atoms. The van der Waals surface area contributed by atoms with E-state index in [0.29, 0.717) is 17.0 Å². The normalized spacial score (nSPS) is 10.6. The molecule has 0 aliphatic rings. The number of nitrogens with one attached hydrogen (secondary N) is 1. The molecule has 9 nitrogen and oxygen atoms in total. The number of pyridine rings is 1. The molecule has 0 radical (unpaired) electrons. The first-order valence-corrected chi connectivity index (χ1v) is 9.68. The first kappa shape index (κ1) is 20.7. The summed E-state index contributed by atoms with van der Waals surface area (Å²) in [5.41, 5.74) is 3.81. The van der Waals surface area contributed by atoms with Gasteiger partial charge < -0.3 is 20.2 Å². The van der Waals surface area contributed by atoms with Crippen LogP contribution in [0.2, 0.25) is 0 Å². The number of carbonyl (C=O) groups is 1. The molecule has 2 aromatic heterocycles. The maximum absolute atomic E-state index is 12.8. The third kappa shape index (κ3) is 4.46. The summed E-state index contributed by atoms with van der Waals surface area (Å²) in [6.07, 6.45) is 4.50. The molecular formula is C23H19N5O4. The SMILES string of the molecule is Cc1ccc(-c2cncc(C(=O)Nc3cccc(Oc4c([N+](=O)[O-])ncn4C)c3)c2)cc1. The molecule has 1 amide bonds. The van der Waals surface area contributed by atoms with Crippen molar-refractivity contribution in [3.05, 3.63) is 94.6 Å². The average molecular weight is 429 g/mol. The molecule has 2 aromatic carbocycles. The molecule has 1 N–H and O–H groups in total. The number of hydrogen-bond donors (Lipinski definition) is 1. The standard InChI is InChI=1S/C23H19N5O4/c1-15-6-8-16(9-7-15)17-10-18(13-24-12-17)22(29)26-19-4-3-5-20(11-19)32-23-21(28(30)31)25-14-27(23)2/h3-14H,1-2H3,(H,26,29). The van der Waals surface area contributed by atoms with Crippen molar-refractivity contribution >= 4 is 17.4 Å². The van der Waals surface area contributed by atoms with Gasteiger partial charge in [-0.1, -0.05) is 35.9 Å². The van der Waals surface area contributed by atoms with Crippen LogP contribution in [-0.4, -0.2) is 25.4 Å². The van der Waals surface area contributed by atoms with Crippen LogP contribution in [0, 0.1) is 17.0 Å². The van der Waals surface area contributed by atoms with Crippen molar-refractivity contribution in [2.75, 3.05) is 5.32 Å². The third-order valence-corrected chi connectivity index (χ3v) is 4.73. The number of rotatable bonds is 6. The predicted molar refractivity (Wildman–Crippen MR) is 119 cm³/mol. The third-order valence-electron chi connectivity index (χ3n) is 4.73. The van der Waals surface area contributed by atoms with Crippen molar-refractivity contribution in [1.82, 2.24) is 14.5 Å². The fourth-order valence-corrected chi connectivity index (χ4v) is 3.07. The first-order chi connectivity index (χ1) is 15.4. The van der Waals surface area contributed by atoms with Gasteiger partial charge in [-0.25, -0.2) is 0 Å². The zero-order chi connectivity index (χ0) is 22.7.